The van der Waals surface area contributed by atoms with Crippen LogP contribution in [0.4, 0.5) is 0 Å². The number of rotatable bonds is 4. The lowest BCUT2D eigenvalue weighted by atomic mass is 10.00. The highest BCUT2D eigenvalue weighted by atomic mass is 35.5. The molecule has 1 aromatic rings. The van der Waals surface area contributed by atoms with E-state index in [0.717, 1.165) is 0 Å². The van der Waals surface area contributed by atoms with Gasteiger partial charge in [-0.15, -0.1) is 0 Å². The number of nitrogens with zero attached hydrogens (tertiary/aromatic N) is 2. The highest BCUT2D eigenvalue weighted by molar-refractivity contribution is 6.30. The van der Waals surface area contributed by atoms with Crippen LogP contribution in [0.1, 0.15) is 11.3 Å². The number of ether oxygens (including phenoxy) is 2. The minimum absolute atomic E-state index is 0.109. The highest BCUT2D eigenvalue weighted by Gasteiger charge is 2.31. The Morgan fingerprint density at radius 1 is 1.33 bits per heavy atom. The molecule has 0 bridgehead atoms. The second-order valence-electron chi connectivity index (χ2n) is 3.78. The molecule has 100 valence electrons. The third-order valence-corrected chi connectivity index (χ3v) is 3.12. The monoisotopic (exact) mass is 274 g/mol. The Morgan fingerprint density at radius 2 is 1.83 bits per heavy atom. The molecule has 0 aromatic carbocycles. The number of hydrogen-bond donors (Lipinski definition) is 0. The van der Waals surface area contributed by atoms with Gasteiger partial charge in [-0.25, -0.2) is 0 Å². The van der Waals surface area contributed by atoms with Crippen molar-refractivity contribution < 1.29 is 19.1 Å². The highest BCUT2D eigenvalue weighted by Crippen LogP contribution is 2.23. The van der Waals surface area contributed by atoms with Gasteiger partial charge in [-0.2, -0.15) is 5.10 Å². The Balaban J connectivity index is 3.03. The predicted octanol–water partition coefficient (Wildman–Crippen LogP) is 0.887. The van der Waals surface area contributed by atoms with Crippen LogP contribution in [-0.4, -0.2) is 35.9 Å². The van der Waals surface area contributed by atoms with Crippen LogP contribution in [0.5, 0.6) is 0 Å². The Bertz CT molecular complexity index is 454. The molecule has 18 heavy (non-hydrogen) atoms. The summed E-state index contributed by atoms with van der Waals surface area (Å²) in [4.78, 5) is 23.1. The lowest BCUT2D eigenvalue weighted by Crippen LogP contribution is -2.28. The van der Waals surface area contributed by atoms with Crippen LogP contribution in [0, 0.1) is 12.8 Å². The van der Waals surface area contributed by atoms with Gasteiger partial charge in [-0.05, 0) is 6.92 Å². The second kappa shape index (κ2) is 5.86. The fourth-order valence-electron chi connectivity index (χ4n) is 1.66. The van der Waals surface area contributed by atoms with Gasteiger partial charge in [0.1, 0.15) is 5.15 Å². The van der Waals surface area contributed by atoms with E-state index in [2.05, 4.69) is 14.6 Å². The third kappa shape index (κ3) is 2.81. The largest absolute Gasteiger partial charge is 0.468 e. The summed E-state index contributed by atoms with van der Waals surface area (Å²) in [6, 6.07) is 0. The van der Waals surface area contributed by atoms with Crippen molar-refractivity contribution in [3.8, 4) is 0 Å². The molecule has 0 saturated heterocycles. The van der Waals surface area contributed by atoms with E-state index in [0.29, 0.717) is 16.4 Å². The molecule has 1 heterocycles. The van der Waals surface area contributed by atoms with Crippen LogP contribution in [0.15, 0.2) is 0 Å². The molecule has 7 heteroatoms. The first-order valence-electron chi connectivity index (χ1n) is 5.26. The molecule has 0 amide bonds. The number of aromatic nitrogens is 2. The van der Waals surface area contributed by atoms with Gasteiger partial charge in [0.15, 0.2) is 5.92 Å². The fraction of sp³-hybridized carbons (Fsp3) is 0.545. The molecule has 0 fully saturated rings. The topological polar surface area (TPSA) is 70.4 Å². The maximum absolute atomic E-state index is 11.6. The van der Waals surface area contributed by atoms with Crippen molar-refractivity contribution in [2.75, 3.05) is 14.2 Å². The summed E-state index contributed by atoms with van der Waals surface area (Å²) in [5.41, 5.74) is 1.31. The number of aryl methyl sites for hydroxylation is 2. The van der Waals surface area contributed by atoms with Crippen molar-refractivity contribution in [1.29, 1.82) is 0 Å². The molecular formula is C11H15ClN2O4. The molecule has 0 saturated carbocycles. The van der Waals surface area contributed by atoms with Crippen molar-refractivity contribution >= 4 is 23.5 Å². The second-order valence-corrected chi connectivity index (χ2v) is 4.14. The first-order chi connectivity index (χ1) is 8.42. The summed E-state index contributed by atoms with van der Waals surface area (Å²) >= 11 is 6.05. The van der Waals surface area contributed by atoms with Gasteiger partial charge in [-0.3, -0.25) is 14.3 Å². The summed E-state index contributed by atoms with van der Waals surface area (Å²) in [6.45, 7) is 1.76. The van der Waals surface area contributed by atoms with Crippen molar-refractivity contribution in [3.63, 3.8) is 0 Å². The number of methoxy groups -OCH3 is 2. The van der Waals surface area contributed by atoms with Crippen molar-refractivity contribution in [1.82, 2.24) is 9.78 Å². The maximum atomic E-state index is 11.6. The van der Waals surface area contributed by atoms with Crippen LogP contribution in [-0.2, 0) is 32.5 Å². The molecule has 0 spiro atoms. The van der Waals surface area contributed by atoms with Gasteiger partial charge in [-0.1, -0.05) is 11.6 Å². The summed E-state index contributed by atoms with van der Waals surface area (Å²) in [7, 11) is 4.12. The summed E-state index contributed by atoms with van der Waals surface area (Å²) < 4.78 is 10.7. The van der Waals surface area contributed by atoms with E-state index in [1.54, 1.807) is 14.0 Å². The molecule has 0 radical (unpaired) electrons. The van der Waals surface area contributed by atoms with Crippen LogP contribution in [0.3, 0.4) is 0 Å². The fourth-order valence-corrected chi connectivity index (χ4v) is 1.91. The Kier molecular flexibility index (Phi) is 4.72. The average molecular weight is 275 g/mol. The normalized spacial score (nSPS) is 10.6. The summed E-state index contributed by atoms with van der Waals surface area (Å²) in [5, 5.41) is 4.51. The quantitative estimate of drug-likeness (QED) is 0.602. The first-order valence-corrected chi connectivity index (χ1v) is 5.63. The van der Waals surface area contributed by atoms with E-state index in [9.17, 15) is 9.59 Å². The smallest absolute Gasteiger partial charge is 0.320 e. The van der Waals surface area contributed by atoms with E-state index in [4.69, 9.17) is 11.6 Å². The lowest BCUT2D eigenvalue weighted by Gasteiger charge is -2.12. The summed E-state index contributed by atoms with van der Waals surface area (Å²) in [6.07, 6.45) is 0.109. The van der Waals surface area contributed by atoms with Gasteiger partial charge in [0, 0.05) is 19.0 Å². The average Bonchev–Trinajstić information content (AvgIpc) is 2.59. The molecular weight excluding hydrogens is 260 g/mol. The van der Waals surface area contributed by atoms with E-state index < -0.39 is 17.9 Å². The minimum Gasteiger partial charge on any atom is -0.468 e. The molecule has 1 rings (SSSR count). The molecule has 0 N–H and O–H groups in total. The molecule has 6 nitrogen and oxygen atoms in total. The van der Waals surface area contributed by atoms with Crippen molar-refractivity contribution in [2.45, 2.75) is 13.3 Å². The van der Waals surface area contributed by atoms with Gasteiger partial charge in [0.05, 0.1) is 19.9 Å². The zero-order chi connectivity index (χ0) is 13.9. The Morgan fingerprint density at radius 3 is 2.17 bits per heavy atom. The third-order valence-electron chi connectivity index (χ3n) is 2.65. The molecule has 1 aromatic heterocycles. The van der Waals surface area contributed by atoms with Gasteiger partial charge >= 0.3 is 11.9 Å². The van der Waals surface area contributed by atoms with Crippen LogP contribution in [0.2, 0.25) is 5.15 Å². The zero-order valence-corrected chi connectivity index (χ0v) is 11.4. The molecule has 0 aliphatic heterocycles. The van der Waals surface area contributed by atoms with Crippen LogP contribution in [0.25, 0.3) is 0 Å². The molecule has 0 aliphatic rings. The number of esters is 2. The van der Waals surface area contributed by atoms with Gasteiger partial charge in [0.2, 0.25) is 0 Å². The van der Waals surface area contributed by atoms with Gasteiger partial charge in [0.25, 0.3) is 0 Å². The van der Waals surface area contributed by atoms with Crippen molar-refractivity contribution in [2.24, 2.45) is 13.0 Å². The first kappa shape index (κ1) is 14.5. The number of halogens is 1. The van der Waals surface area contributed by atoms with Crippen LogP contribution >= 0.6 is 11.6 Å². The van der Waals surface area contributed by atoms with E-state index in [-0.39, 0.29) is 6.42 Å². The maximum Gasteiger partial charge on any atom is 0.320 e. The predicted molar refractivity (Wildman–Crippen MR) is 64.2 cm³/mol. The van der Waals surface area contributed by atoms with E-state index in [1.165, 1.54) is 18.9 Å². The summed E-state index contributed by atoms with van der Waals surface area (Å²) in [5.74, 6) is -2.33. The zero-order valence-electron chi connectivity index (χ0n) is 10.7. The Labute approximate surface area is 110 Å². The SMILES string of the molecule is COC(=O)C(Cc1c(C)nn(C)c1Cl)C(=O)OC. The Hall–Kier alpha value is -1.56. The van der Waals surface area contributed by atoms with Gasteiger partial charge < -0.3 is 9.47 Å². The molecule has 0 atom stereocenters. The molecule has 0 unspecified atom stereocenters. The number of carbonyl (C=O) groups excluding carboxylic acids is 2. The number of hydrogen-bond acceptors (Lipinski definition) is 5. The standard InChI is InChI=1S/C11H15ClN2O4/c1-6-7(9(12)14(2)13-6)5-8(10(15)17-3)11(16)18-4/h8H,5H2,1-4H3. The van der Waals surface area contributed by atoms with E-state index >= 15 is 0 Å². The minimum atomic E-state index is -1.03. The lowest BCUT2D eigenvalue weighted by molar-refractivity contribution is -0.158. The number of carbonyl (C=O) groups is 2. The van der Waals surface area contributed by atoms with E-state index in [1.807, 2.05) is 0 Å². The molecule has 0 aliphatic carbocycles. The van der Waals surface area contributed by atoms with Crippen molar-refractivity contribution in [3.05, 3.63) is 16.4 Å². The van der Waals surface area contributed by atoms with Crippen LogP contribution < -0.4 is 0 Å².